The number of rotatable bonds is 7. The van der Waals surface area contributed by atoms with Crippen LogP contribution < -0.4 is 14.8 Å². The van der Waals surface area contributed by atoms with Crippen LogP contribution in [0.25, 0.3) is 6.08 Å². The number of hydrogen-bond donors (Lipinski definition) is 1. The fourth-order valence-electron chi connectivity index (χ4n) is 2.07. The highest BCUT2D eigenvalue weighted by Gasteiger charge is 2.08. The summed E-state index contributed by atoms with van der Waals surface area (Å²) in [7, 11) is 1.54. The largest absolute Gasteiger partial charge is 0.497 e. The summed E-state index contributed by atoms with van der Waals surface area (Å²) in [5.41, 5.74) is 1.18. The number of nitro groups is 1. The third kappa shape index (κ3) is 5.07. The predicted molar refractivity (Wildman–Crippen MR) is 94.9 cm³/mol. The Labute approximate surface area is 145 Å². The summed E-state index contributed by atoms with van der Waals surface area (Å²) in [6, 6.07) is 11.0. The Morgan fingerprint density at radius 2 is 1.96 bits per heavy atom. The van der Waals surface area contributed by atoms with Crippen molar-refractivity contribution < 1.29 is 19.2 Å². The Morgan fingerprint density at radius 1 is 1.24 bits per heavy atom. The van der Waals surface area contributed by atoms with E-state index < -0.39 is 4.92 Å². The average molecular weight is 342 g/mol. The van der Waals surface area contributed by atoms with Crippen LogP contribution in [0.4, 0.5) is 11.4 Å². The molecule has 0 bridgehead atoms. The monoisotopic (exact) mass is 342 g/mol. The second-order valence-electron chi connectivity index (χ2n) is 4.97. The predicted octanol–water partition coefficient (Wildman–Crippen LogP) is 3.65. The zero-order valence-electron chi connectivity index (χ0n) is 13.9. The summed E-state index contributed by atoms with van der Waals surface area (Å²) in [6.07, 6.45) is 2.91. The fourth-order valence-corrected chi connectivity index (χ4v) is 2.07. The molecular formula is C18H18N2O5. The van der Waals surface area contributed by atoms with Gasteiger partial charge in [0, 0.05) is 24.3 Å². The molecule has 0 fully saturated rings. The van der Waals surface area contributed by atoms with E-state index >= 15 is 0 Å². The highest BCUT2D eigenvalue weighted by atomic mass is 16.6. The molecule has 0 aliphatic rings. The van der Waals surface area contributed by atoms with Gasteiger partial charge in [-0.25, -0.2) is 0 Å². The molecule has 7 heteroatoms. The van der Waals surface area contributed by atoms with Gasteiger partial charge in [0.25, 0.3) is 5.69 Å². The molecule has 0 saturated carbocycles. The van der Waals surface area contributed by atoms with Crippen LogP contribution in [-0.2, 0) is 4.79 Å². The molecule has 1 amide bonds. The number of non-ortho nitro benzene ring substituents is 1. The van der Waals surface area contributed by atoms with Crippen molar-refractivity contribution in [1.82, 2.24) is 0 Å². The van der Waals surface area contributed by atoms with Crippen molar-refractivity contribution in [2.24, 2.45) is 0 Å². The molecule has 0 radical (unpaired) electrons. The van der Waals surface area contributed by atoms with Gasteiger partial charge in [0.05, 0.1) is 24.3 Å². The van der Waals surface area contributed by atoms with Gasteiger partial charge in [-0.05, 0) is 42.8 Å². The molecule has 0 aliphatic heterocycles. The van der Waals surface area contributed by atoms with Crippen molar-refractivity contribution in [3.05, 3.63) is 64.2 Å². The zero-order valence-corrected chi connectivity index (χ0v) is 13.9. The van der Waals surface area contributed by atoms with E-state index in [4.69, 9.17) is 9.47 Å². The van der Waals surface area contributed by atoms with Crippen LogP contribution in [-0.4, -0.2) is 24.5 Å². The number of nitrogens with one attached hydrogen (secondary N) is 1. The van der Waals surface area contributed by atoms with E-state index in [0.717, 1.165) is 0 Å². The molecule has 0 unspecified atom stereocenters. The topological polar surface area (TPSA) is 90.7 Å². The molecule has 0 heterocycles. The van der Waals surface area contributed by atoms with Gasteiger partial charge >= 0.3 is 0 Å². The van der Waals surface area contributed by atoms with Crippen molar-refractivity contribution in [2.45, 2.75) is 6.92 Å². The van der Waals surface area contributed by atoms with E-state index in [1.807, 2.05) is 6.92 Å². The Bertz CT molecular complexity index is 785. The maximum Gasteiger partial charge on any atom is 0.269 e. The second kappa shape index (κ2) is 8.49. The van der Waals surface area contributed by atoms with Gasteiger partial charge in [-0.1, -0.05) is 0 Å². The van der Waals surface area contributed by atoms with E-state index in [-0.39, 0.29) is 11.6 Å². The lowest BCUT2D eigenvalue weighted by Crippen LogP contribution is -2.09. The molecule has 0 atom stereocenters. The van der Waals surface area contributed by atoms with Crippen LogP contribution in [0.15, 0.2) is 48.5 Å². The zero-order chi connectivity index (χ0) is 18.2. The molecule has 2 aromatic rings. The first-order valence-corrected chi connectivity index (χ1v) is 7.58. The molecule has 2 aromatic carbocycles. The Morgan fingerprint density at radius 3 is 2.56 bits per heavy atom. The van der Waals surface area contributed by atoms with Crippen LogP contribution in [0.2, 0.25) is 0 Å². The summed E-state index contributed by atoms with van der Waals surface area (Å²) < 4.78 is 10.6. The van der Waals surface area contributed by atoms with Gasteiger partial charge in [0.2, 0.25) is 5.91 Å². The average Bonchev–Trinajstić information content (AvgIpc) is 2.62. The van der Waals surface area contributed by atoms with Crippen LogP contribution in [0.3, 0.4) is 0 Å². The molecule has 25 heavy (non-hydrogen) atoms. The third-order valence-electron chi connectivity index (χ3n) is 3.28. The van der Waals surface area contributed by atoms with Crippen LogP contribution >= 0.6 is 0 Å². The van der Waals surface area contributed by atoms with Gasteiger partial charge in [-0.3, -0.25) is 14.9 Å². The second-order valence-corrected chi connectivity index (χ2v) is 4.97. The summed E-state index contributed by atoms with van der Waals surface area (Å²) in [5.74, 6) is 0.783. The van der Waals surface area contributed by atoms with Gasteiger partial charge in [0.15, 0.2) is 0 Å². The van der Waals surface area contributed by atoms with E-state index in [1.165, 1.54) is 25.3 Å². The van der Waals surface area contributed by atoms with Gasteiger partial charge in [-0.2, -0.15) is 0 Å². The first-order chi connectivity index (χ1) is 12.0. The summed E-state index contributed by atoms with van der Waals surface area (Å²) >= 11 is 0. The Balaban J connectivity index is 2.09. The van der Waals surface area contributed by atoms with Crippen LogP contribution in [0, 0.1) is 10.1 Å². The number of anilines is 1. The minimum atomic E-state index is -0.474. The summed E-state index contributed by atoms with van der Waals surface area (Å²) in [4.78, 5) is 22.3. The van der Waals surface area contributed by atoms with E-state index in [9.17, 15) is 14.9 Å². The first-order valence-electron chi connectivity index (χ1n) is 7.58. The molecule has 7 nitrogen and oxygen atoms in total. The first kappa shape index (κ1) is 18.0. The Hall–Kier alpha value is -3.35. The number of carbonyl (C=O) groups is 1. The fraction of sp³-hybridized carbons (Fsp3) is 0.167. The van der Waals surface area contributed by atoms with E-state index in [1.54, 1.807) is 36.4 Å². The van der Waals surface area contributed by atoms with Crippen molar-refractivity contribution in [3.63, 3.8) is 0 Å². The van der Waals surface area contributed by atoms with Gasteiger partial charge < -0.3 is 14.8 Å². The maximum absolute atomic E-state index is 12.1. The smallest absolute Gasteiger partial charge is 0.269 e. The Kier molecular flexibility index (Phi) is 6.11. The van der Waals surface area contributed by atoms with Crippen molar-refractivity contribution in [3.8, 4) is 11.5 Å². The van der Waals surface area contributed by atoms with Crippen molar-refractivity contribution >= 4 is 23.4 Å². The number of hydrogen-bond acceptors (Lipinski definition) is 5. The summed E-state index contributed by atoms with van der Waals surface area (Å²) in [6.45, 7) is 2.32. The van der Waals surface area contributed by atoms with Crippen molar-refractivity contribution in [1.29, 1.82) is 0 Å². The number of nitro benzene ring substituents is 1. The standard InChI is InChI=1S/C18H18N2O5/c1-3-25-17-10-9-15(24-2)12-16(17)19-18(21)11-6-13-4-7-14(8-5-13)20(22)23/h4-12H,3H2,1-2H3,(H,19,21)/b11-6+. The summed E-state index contributed by atoms with van der Waals surface area (Å²) in [5, 5.41) is 13.4. The van der Waals surface area contributed by atoms with E-state index in [2.05, 4.69) is 5.32 Å². The minimum Gasteiger partial charge on any atom is -0.497 e. The lowest BCUT2D eigenvalue weighted by Gasteiger charge is -2.12. The number of ether oxygens (including phenoxy) is 2. The SMILES string of the molecule is CCOc1ccc(OC)cc1NC(=O)/C=C/c1ccc([N+](=O)[O-])cc1. The van der Waals surface area contributed by atoms with E-state index in [0.29, 0.717) is 29.4 Å². The lowest BCUT2D eigenvalue weighted by molar-refractivity contribution is -0.384. The molecule has 1 N–H and O–H groups in total. The highest BCUT2D eigenvalue weighted by Crippen LogP contribution is 2.29. The van der Waals surface area contributed by atoms with Gasteiger partial charge in [0.1, 0.15) is 11.5 Å². The molecule has 2 rings (SSSR count). The van der Waals surface area contributed by atoms with Crippen LogP contribution in [0.5, 0.6) is 11.5 Å². The molecular weight excluding hydrogens is 324 g/mol. The number of methoxy groups -OCH3 is 1. The number of benzene rings is 2. The highest BCUT2D eigenvalue weighted by molar-refractivity contribution is 6.02. The molecule has 130 valence electrons. The lowest BCUT2D eigenvalue weighted by atomic mass is 10.2. The van der Waals surface area contributed by atoms with Crippen LogP contribution in [0.1, 0.15) is 12.5 Å². The van der Waals surface area contributed by atoms with Crippen molar-refractivity contribution in [2.75, 3.05) is 19.0 Å². The van der Waals surface area contributed by atoms with Gasteiger partial charge in [-0.15, -0.1) is 0 Å². The number of carbonyl (C=O) groups excluding carboxylic acids is 1. The molecule has 0 aliphatic carbocycles. The molecule has 0 spiro atoms. The third-order valence-corrected chi connectivity index (χ3v) is 3.28. The number of nitrogens with zero attached hydrogens (tertiary/aromatic N) is 1. The molecule has 0 aromatic heterocycles. The normalized spacial score (nSPS) is 10.5. The maximum atomic E-state index is 12.1. The number of amides is 1. The minimum absolute atomic E-state index is 0.000613. The molecule has 0 saturated heterocycles. The quantitative estimate of drug-likeness (QED) is 0.471.